The lowest BCUT2D eigenvalue weighted by molar-refractivity contribution is 0.0953. The minimum atomic E-state index is 0.0261. The summed E-state index contributed by atoms with van der Waals surface area (Å²) in [5.41, 5.74) is 1.87. The number of hydrogen-bond acceptors (Lipinski definition) is 2. The number of rotatable bonds is 3. The zero-order valence-corrected chi connectivity index (χ0v) is 12.2. The first kappa shape index (κ1) is 13.0. The van der Waals surface area contributed by atoms with E-state index in [4.69, 9.17) is 0 Å². The van der Waals surface area contributed by atoms with Gasteiger partial charge in [0.25, 0.3) is 5.91 Å². The third kappa shape index (κ3) is 3.49. The Morgan fingerprint density at radius 2 is 2.41 bits per heavy atom. The highest BCUT2D eigenvalue weighted by Gasteiger charge is 2.16. The molecule has 0 aliphatic carbocycles. The van der Waals surface area contributed by atoms with E-state index < -0.39 is 0 Å². The number of nitrogens with one attached hydrogen (secondary N) is 1. The second-order valence-corrected chi connectivity index (χ2v) is 6.57. The van der Waals surface area contributed by atoms with Crippen molar-refractivity contribution in [1.29, 1.82) is 0 Å². The van der Waals surface area contributed by atoms with Crippen LogP contribution in [0.4, 0.5) is 0 Å². The van der Waals surface area contributed by atoms with Crippen molar-refractivity contribution in [2.45, 2.75) is 25.0 Å². The van der Waals surface area contributed by atoms with Gasteiger partial charge in [-0.2, -0.15) is 11.8 Å². The van der Waals surface area contributed by atoms with Crippen LogP contribution in [0.5, 0.6) is 0 Å². The molecule has 1 amide bonds. The number of carbonyl (C=O) groups excluding carboxylic acids is 1. The number of carbonyl (C=O) groups is 1. The molecule has 0 bridgehead atoms. The molecule has 1 fully saturated rings. The number of hydrogen-bond donors (Lipinski definition) is 1. The Bertz CT molecular complexity index is 416. The summed E-state index contributed by atoms with van der Waals surface area (Å²) in [4.78, 5) is 11.9. The molecular formula is C13H16BrNOS. The molecule has 1 heterocycles. The fourth-order valence-electron chi connectivity index (χ4n) is 1.85. The standard InChI is InChI=1S/C13H16BrNOS/c1-9-4-5-10(7-12(9)14)13(16)15-8-11-3-2-6-17-11/h4-5,7,11H,2-3,6,8H2,1H3,(H,15,16). The molecule has 4 heteroatoms. The molecule has 0 spiro atoms. The van der Waals surface area contributed by atoms with Gasteiger partial charge in [0.15, 0.2) is 0 Å². The van der Waals surface area contributed by atoms with E-state index in [2.05, 4.69) is 21.2 Å². The summed E-state index contributed by atoms with van der Waals surface area (Å²) in [6, 6.07) is 5.72. The molecule has 1 saturated heterocycles. The molecule has 1 aromatic rings. The monoisotopic (exact) mass is 313 g/mol. The van der Waals surface area contributed by atoms with E-state index in [9.17, 15) is 4.79 Å². The highest BCUT2D eigenvalue weighted by Crippen LogP contribution is 2.25. The molecule has 1 unspecified atom stereocenters. The second-order valence-electron chi connectivity index (χ2n) is 4.31. The summed E-state index contributed by atoms with van der Waals surface area (Å²) in [5.74, 6) is 1.26. The molecule has 0 radical (unpaired) electrons. The normalized spacial score (nSPS) is 19.3. The van der Waals surface area contributed by atoms with Gasteiger partial charge in [-0.05, 0) is 43.2 Å². The summed E-state index contributed by atoms with van der Waals surface area (Å²) in [6.07, 6.45) is 2.50. The van der Waals surface area contributed by atoms with E-state index in [-0.39, 0.29) is 5.91 Å². The fraction of sp³-hybridized carbons (Fsp3) is 0.462. The minimum Gasteiger partial charge on any atom is -0.351 e. The zero-order valence-electron chi connectivity index (χ0n) is 9.83. The van der Waals surface area contributed by atoms with Crippen LogP contribution in [-0.4, -0.2) is 23.5 Å². The van der Waals surface area contributed by atoms with Gasteiger partial charge in [0.1, 0.15) is 0 Å². The van der Waals surface area contributed by atoms with Crippen LogP contribution in [0.3, 0.4) is 0 Å². The minimum absolute atomic E-state index is 0.0261. The molecule has 1 aliphatic rings. The summed E-state index contributed by atoms with van der Waals surface area (Å²) in [5, 5.41) is 3.61. The summed E-state index contributed by atoms with van der Waals surface area (Å²) in [6.45, 7) is 2.80. The van der Waals surface area contributed by atoms with Crippen LogP contribution < -0.4 is 5.32 Å². The van der Waals surface area contributed by atoms with Gasteiger partial charge in [0.05, 0.1) is 0 Å². The zero-order chi connectivity index (χ0) is 12.3. The van der Waals surface area contributed by atoms with E-state index in [0.717, 1.165) is 22.1 Å². The third-order valence-electron chi connectivity index (χ3n) is 2.95. The van der Waals surface area contributed by atoms with Gasteiger partial charge in [-0.3, -0.25) is 4.79 Å². The Kier molecular flexibility index (Phi) is 4.51. The van der Waals surface area contributed by atoms with Crippen LogP contribution in [0.2, 0.25) is 0 Å². The lowest BCUT2D eigenvalue weighted by Crippen LogP contribution is -2.29. The van der Waals surface area contributed by atoms with Crippen molar-refractivity contribution >= 4 is 33.6 Å². The predicted octanol–water partition coefficient (Wildman–Crippen LogP) is 3.38. The van der Waals surface area contributed by atoms with Gasteiger partial charge >= 0.3 is 0 Å². The van der Waals surface area contributed by atoms with Crippen molar-refractivity contribution in [1.82, 2.24) is 5.32 Å². The Morgan fingerprint density at radius 1 is 1.59 bits per heavy atom. The quantitative estimate of drug-likeness (QED) is 0.927. The van der Waals surface area contributed by atoms with Gasteiger partial charge < -0.3 is 5.32 Å². The fourth-order valence-corrected chi connectivity index (χ4v) is 3.43. The highest BCUT2D eigenvalue weighted by atomic mass is 79.9. The maximum Gasteiger partial charge on any atom is 0.251 e. The third-order valence-corrected chi connectivity index (χ3v) is 5.20. The molecule has 0 saturated carbocycles. The van der Waals surface area contributed by atoms with Crippen molar-refractivity contribution in [2.75, 3.05) is 12.3 Å². The second kappa shape index (κ2) is 5.91. The number of thioether (sulfide) groups is 1. The van der Waals surface area contributed by atoms with Crippen LogP contribution in [0.25, 0.3) is 0 Å². The smallest absolute Gasteiger partial charge is 0.251 e. The molecule has 1 N–H and O–H groups in total. The topological polar surface area (TPSA) is 29.1 Å². The van der Waals surface area contributed by atoms with Crippen LogP contribution >= 0.6 is 27.7 Å². The number of benzene rings is 1. The van der Waals surface area contributed by atoms with Crippen molar-refractivity contribution in [2.24, 2.45) is 0 Å². The van der Waals surface area contributed by atoms with Crippen LogP contribution in [0.15, 0.2) is 22.7 Å². The number of amides is 1. The molecule has 1 aromatic carbocycles. The van der Waals surface area contributed by atoms with Crippen molar-refractivity contribution in [3.05, 3.63) is 33.8 Å². The van der Waals surface area contributed by atoms with Gasteiger partial charge in [-0.1, -0.05) is 22.0 Å². The Hall–Kier alpha value is -0.480. The molecule has 2 nitrogen and oxygen atoms in total. The first-order chi connectivity index (χ1) is 8.16. The van der Waals surface area contributed by atoms with E-state index >= 15 is 0 Å². The maximum absolute atomic E-state index is 11.9. The predicted molar refractivity (Wildman–Crippen MR) is 76.7 cm³/mol. The SMILES string of the molecule is Cc1ccc(C(=O)NCC2CCCS2)cc1Br. The number of halogens is 1. The molecule has 1 atom stereocenters. The lowest BCUT2D eigenvalue weighted by Gasteiger charge is -2.10. The molecule has 92 valence electrons. The average Bonchev–Trinajstić information content (AvgIpc) is 2.82. The van der Waals surface area contributed by atoms with Gasteiger partial charge in [-0.25, -0.2) is 0 Å². The van der Waals surface area contributed by atoms with Gasteiger partial charge in [-0.15, -0.1) is 0 Å². The van der Waals surface area contributed by atoms with Gasteiger partial charge in [0.2, 0.25) is 0 Å². The van der Waals surface area contributed by atoms with Crippen LogP contribution in [0, 0.1) is 6.92 Å². The van der Waals surface area contributed by atoms with Gasteiger partial charge in [0, 0.05) is 21.8 Å². The van der Waals surface area contributed by atoms with Crippen molar-refractivity contribution in [3.8, 4) is 0 Å². The van der Waals surface area contributed by atoms with E-state index in [1.54, 1.807) is 0 Å². The first-order valence-electron chi connectivity index (χ1n) is 5.83. The summed E-state index contributed by atoms with van der Waals surface area (Å²) in [7, 11) is 0. The van der Waals surface area contributed by atoms with Crippen molar-refractivity contribution < 1.29 is 4.79 Å². The largest absolute Gasteiger partial charge is 0.351 e. The number of aryl methyl sites for hydroxylation is 1. The molecular weight excluding hydrogens is 298 g/mol. The Morgan fingerprint density at radius 3 is 3.06 bits per heavy atom. The average molecular weight is 314 g/mol. The Balaban J connectivity index is 1.92. The van der Waals surface area contributed by atoms with Crippen LogP contribution in [0.1, 0.15) is 28.8 Å². The summed E-state index contributed by atoms with van der Waals surface area (Å²) >= 11 is 5.41. The van der Waals surface area contributed by atoms with E-state index in [1.807, 2.05) is 36.9 Å². The summed E-state index contributed by atoms with van der Waals surface area (Å²) < 4.78 is 0.986. The van der Waals surface area contributed by atoms with Crippen LogP contribution in [-0.2, 0) is 0 Å². The van der Waals surface area contributed by atoms with E-state index in [1.165, 1.54) is 18.6 Å². The lowest BCUT2D eigenvalue weighted by atomic mass is 10.1. The maximum atomic E-state index is 11.9. The molecule has 2 rings (SSSR count). The Labute approximate surface area is 115 Å². The molecule has 17 heavy (non-hydrogen) atoms. The van der Waals surface area contributed by atoms with E-state index in [0.29, 0.717) is 5.25 Å². The van der Waals surface area contributed by atoms with Crippen molar-refractivity contribution in [3.63, 3.8) is 0 Å². The first-order valence-corrected chi connectivity index (χ1v) is 7.67. The molecule has 1 aliphatic heterocycles. The molecule has 0 aromatic heterocycles. The highest BCUT2D eigenvalue weighted by molar-refractivity contribution is 9.10.